The van der Waals surface area contributed by atoms with Gasteiger partial charge >= 0.3 is 0 Å². The summed E-state index contributed by atoms with van der Waals surface area (Å²) < 4.78 is 5.55. The lowest BCUT2D eigenvalue weighted by atomic mass is 10.0. The van der Waals surface area contributed by atoms with Crippen LogP contribution >= 0.6 is 0 Å². The van der Waals surface area contributed by atoms with Crippen LogP contribution in [0.25, 0.3) is 0 Å². The highest BCUT2D eigenvalue weighted by atomic mass is 16.5. The van der Waals surface area contributed by atoms with Crippen LogP contribution in [0.4, 0.5) is 0 Å². The van der Waals surface area contributed by atoms with E-state index in [2.05, 4.69) is 23.5 Å². The molecule has 3 heteroatoms. The number of nitrogens with one attached hydrogen (secondary N) is 1. The molecule has 1 aromatic rings. The van der Waals surface area contributed by atoms with Crippen LogP contribution in [0.2, 0.25) is 0 Å². The summed E-state index contributed by atoms with van der Waals surface area (Å²) in [6.07, 6.45) is 1.62. The van der Waals surface area contributed by atoms with E-state index < -0.39 is 5.54 Å². The fraction of sp³-hybridized carbons (Fsp3) is 0.500. The summed E-state index contributed by atoms with van der Waals surface area (Å²) >= 11 is 0. The van der Waals surface area contributed by atoms with Crippen LogP contribution in [0.1, 0.15) is 18.9 Å². The van der Waals surface area contributed by atoms with E-state index in [0.29, 0.717) is 19.6 Å². The van der Waals surface area contributed by atoms with Crippen LogP contribution in [-0.2, 0) is 11.2 Å². The molecule has 0 aromatic heterocycles. The highest BCUT2D eigenvalue weighted by Gasteiger charge is 2.20. The molecule has 0 amide bonds. The predicted octanol–water partition coefficient (Wildman–Crippen LogP) is 2.14. The maximum atomic E-state index is 8.95. The summed E-state index contributed by atoms with van der Waals surface area (Å²) in [6, 6.07) is 12.5. The molecule has 0 aliphatic carbocycles. The van der Waals surface area contributed by atoms with E-state index in [1.165, 1.54) is 5.56 Å². The maximum absolute atomic E-state index is 8.95. The first-order valence-corrected chi connectivity index (χ1v) is 5.92. The average Bonchev–Trinajstić information content (AvgIpc) is 2.39. The SMILES string of the molecule is CNC(C)(C#N)CCOCCc1ccccc1. The third kappa shape index (κ3) is 4.99. The summed E-state index contributed by atoms with van der Waals surface area (Å²) in [5.74, 6) is 0. The number of ether oxygens (including phenoxy) is 1. The molecule has 17 heavy (non-hydrogen) atoms. The van der Waals surface area contributed by atoms with Crippen LogP contribution < -0.4 is 5.32 Å². The van der Waals surface area contributed by atoms with E-state index in [0.717, 1.165) is 6.42 Å². The van der Waals surface area contributed by atoms with Gasteiger partial charge in [-0.15, -0.1) is 0 Å². The zero-order chi connectivity index (χ0) is 12.6. The zero-order valence-electron chi connectivity index (χ0n) is 10.6. The Hall–Kier alpha value is -1.37. The van der Waals surface area contributed by atoms with Gasteiger partial charge in [0, 0.05) is 13.0 Å². The highest BCUT2D eigenvalue weighted by molar-refractivity contribution is 5.14. The Bertz CT molecular complexity index is 358. The minimum atomic E-state index is -0.479. The molecule has 1 N–H and O–H groups in total. The van der Waals surface area contributed by atoms with Gasteiger partial charge in [0.05, 0.1) is 12.7 Å². The van der Waals surface area contributed by atoms with Crippen LogP contribution in [0.15, 0.2) is 30.3 Å². The van der Waals surface area contributed by atoms with Crippen molar-refractivity contribution in [3.8, 4) is 6.07 Å². The lowest BCUT2D eigenvalue weighted by Crippen LogP contribution is -2.39. The summed E-state index contributed by atoms with van der Waals surface area (Å²) in [6.45, 7) is 3.19. The van der Waals surface area contributed by atoms with Crippen LogP contribution in [-0.4, -0.2) is 25.8 Å². The Morgan fingerprint density at radius 2 is 2.00 bits per heavy atom. The normalized spacial score (nSPS) is 13.9. The van der Waals surface area contributed by atoms with Crippen molar-refractivity contribution in [2.45, 2.75) is 25.3 Å². The van der Waals surface area contributed by atoms with E-state index in [1.807, 2.05) is 25.1 Å². The minimum absolute atomic E-state index is 0.479. The molecule has 0 fully saturated rings. The highest BCUT2D eigenvalue weighted by Crippen LogP contribution is 2.07. The van der Waals surface area contributed by atoms with Crippen molar-refractivity contribution in [3.63, 3.8) is 0 Å². The Balaban J connectivity index is 2.16. The summed E-state index contributed by atoms with van der Waals surface area (Å²) in [5.41, 5.74) is 0.802. The Morgan fingerprint density at radius 3 is 2.59 bits per heavy atom. The second-order valence-electron chi connectivity index (χ2n) is 4.29. The molecule has 1 aromatic carbocycles. The number of benzene rings is 1. The molecule has 0 saturated carbocycles. The zero-order valence-corrected chi connectivity index (χ0v) is 10.6. The molecule has 0 radical (unpaired) electrons. The number of nitriles is 1. The molecule has 0 heterocycles. The molecular weight excluding hydrogens is 212 g/mol. The molecule has 0 bridgehead atoms. The van der Waals surface area contributed by atoms with Gasteiger partial charge < -0.3 is 10.1 Å². The van der Waals surface area contributed by atoms with Crippen molar-refractivity contribution < 1.29 is 4.74 Å². The van der Waals surface area contributed by atoms with Crippen LogP contribution in [0.3, 0.4) is 0 Å². The molecular formula is C14H20N2O. The summed E-state index contributed by atoms with van der Waals surface area (Å²) in [7, 11) is 1.80. The smallest absolute Gasteiger partial charge is 0.105 e. The quantitative estimate of drug-likeness (QED) is 0.733. The van der Waals surface area contributed by atoms with Gasteiger partial charge in [0.15, 0.2) is 0 Å². The van der Waals surface area contributed by atoms with Gasteiger partial charge in [-0.05, 0) is 26.0 Å². The van der Waals surface area contributed by atoms with Crippen LogP contribution in [0.5, 0.6) is 0 Å². The summed E-state index contributed by atoms with van der Waals surface area (Å²) in [5, 5.41) is 11.9. The second-order valence-corrected chi connectivity index (χ2v) is 4.29. The van der Waals surface area contributed by atoms with E-state index in [9.17, 15) is 0 Å². The Labute approximate surface area is 103 Å². The monoisotopic (exact) mass is 232 g/mol. The maximum Gasteiger partial charge on any atom is 0.105 e. The fourth-order valence-corrected chi connectivity index (χ4v) is 1.45. The van der Waals surface area contributed by atoms with Crippen molar-refractivity contribution in [1.82, 2.24) is 5.32 Å². The van der Waals surface area contributed by atoms with Gasteiger partial charge in [-0.25, -0.2) is 0 Å². The second kappa shape index (κ2) is 7.05. The molecule has 1 unspecified atom stereocenters. The van der Waals surface area contributed by atoms with Gasteiger partial charge in [0.1, 0.15) is 5.54 Å². The third-order valence-corrected chi connectivity index (χ3v) is 2.92. The molecule has 0 spiro atoms. The number of hydrogen-bond acceptors (Lipinski definition) is 3. The number of rotatable bonds is 7. The van der Waals surface area contributed by atoms with E-state index in [4.69, 9.17) is 10.00 Å². The molecule has 92 valence electrons. The first-order valence-electron chi connectivity index (χ1n) is 5.92. The average molecular weight is 232 g/mol. The Morgan fingerprint density at radius 1 is 1.29 bits per heavy atom. The van der Waals surface area contributed by atoms with E-state index in [-0.39, 0.29) is 0 Å². The molecule has 0 saturated heterocycles. The molecule has 1 rings (SSSR count). The fourth-order valence-electron chi connectivity index (χ4n) is 1.45. The first-order chi connectivity index (χ1) is 8.20. The van der Waals surface area contributed by atoms with Crippen molar-refractivity contribution in [2.75, 3.05) is 20.3 Å². The lowest BCUT2D eigenvalue weighted by molar-refractivity contribution is 0.122. The summed E-state index contributed by atoms with van der Waals surface area (Å²) in [4.78, 5) is 0. The topological polar surface area (TPSA) is 45.0 Å². The molecule has 3 nitrogen and oxygen atoms in total. The van der Waals surface area contributed by atoms with Crippen molar-refractivity contribution in [3.05, 3.63) is 35.9 Å². The van der Waals surface area contributed by atoms with Gasteiger partial charge in [-0.3, -0.25) is 0 Å². The van der Waals surface area contributed by atoms with Gasteiger partial charge in [-0.2, -0.15) is 5.26 Å². The van der Waals surface area contributed by atoms with Gasteiger partial charge in [-0.1, -0.05) is 30.3 Å². The van der Waals surface area contributed by atoms with Gasteiger partial charge in [0.25, 0.3) is 0 Å². The van der Waals surface area contributed by atoms with Crippen molar-refractivity contribution >= 4 is 0 Å². The van der Waals surface area contributed by atoms with Crippen molar-refractivity contribution in [2.24, 2.45) is 0 Å². The largest absolute Gasteiger partial charge is 0.381 e. The molecule has 1 atom stereocenters. The first kappa shape index (κ1) is 13.7. The molecule has 0 aliphatic rings. The third-order valence-electron chi connectivity index (χ3n) is 2.92. The van der Waals surface area contributed by atoms with Crippen molar-refractivity contribution in [1.29, 1.82) is 5.26 Å². The Kier molecular flexibility index (Phi) is 5.68. The number of nitrogens with zero attached hydrogens (tertiary/aromatic N) is 1. The predicted molar refractivity (Wildman–Crippen MR) is 68.7 cm³/mol. The van der Waals surface area contributed by atoms with Crippen LogP contribution in [0, 0.1) is 11.3 Å². The van der Waals surface area contributed by atoms with E-state index in [1.54, 1.807) is 7.05 Å². The van der Waals surface area contributed by atoms with E-state index >= 15 is 0 Å². The lowest BCUT2D eigenvalue weighted by Gasteiger charge is -2.20. The molecule has 0 aliphatic heterocycles. The number of hydrogen-bond donors (Lipinski definition) is 1. The van der Waals surface area contributed by atoms with Gasteiger partial charge in [0.2, 0.25) is 0 Å². The standard InChI is InChI=1S/C14H20N2O/c1-14(12-15,16-2)9-11-17-10-8-13-6-4-3-5-7-13/h3-7,16H,8-11H2,1-2H3. The minimum Gasteiger partial charge on any atom is -0.381 e.